The van der Waals surface area contributed by atoms with Gasteiger partial charge in [0.2, 0.25) is 0 Å². The van der Waals surface area contributed by atoms with Crippen molar-refractivity contribution in [2.24, 2.45) is 0 Å². The summed E-state index contributed by atoms with van der Waals surface area (Å²) >= 11 is 6.78. The molecule has 7 heteroatoms. The smallest absolute Gasteiger partial charge is 0.339 e. The Morgan fingerprint density at radius 1 is 1.45 bits per heavy atom. The quantitative estimate of drug-likeness (QED) is 0.818. The molecule has 1 unspecified atom stereocenters. The summed E-state index contributed by atoms with van der Waals surface area (Å²) in [4.78, 5) is 15.1. The van der Waals surface area contributed by atoms with E-state index < -0.39 is 11.6 Å². The molecule has 1 atom stereocenters. The molecule has 2 rings (SSSR count). The van der Waals surface area contributed by atoms with Gasteiger partial charge < -0.3 is 14.9 Å². The Balaban J connectivity index is 2.42. The zero-order chi connectivity index (χ0) is 14.9. The maximum atomic E-state index is 10.9. The lowest BCUT2D eigenvalue weighted by Gasteiger charge is -2.19. The number of aromatic nitrogens is 1. The minimum Gasteiger partial charge on any atom is -0.486 e. The fraction of sp³-hybridized carbons (Fsp3) is 0.231. The standard InChI is InChI=1S/C13H11Br2NO4/c1-13(19,12(17)18)6-20-11-9(15)5-8(14)7-3-2-4-16-10(7)11/h2-5,19H,6H2,1H3,(H,17,18). The van der Waals surface area contributed by atoms with Gasteiger partial charge in [-0.25, -0.2) is 4.79 Å². The Bertz CT molecular complexity index is 673. The zero-order valence-electron chi connectivity index (χ0n) is 10.4. The average Bonchev–Trinajstić information content (AvgIpc) is 2.38. The van der Waals surface area contributed by atoms with Gasteiger partial charge in [-0.15, -0.1) is 0 Å². The number of hydrogen-bond donors (Lipinski definition) is 2. The third-order valence-corrected chi connectivity index (χ3v) is 3.95. The predicted octanol–water partition coefficient (Wildman–Crippen LogP) is 2.97. The Labute approximate surface area is 131 Å². The van der Waals surface area contributed by atoms with Gasteiger partial charge in [-0.2, -0.15) is 0 Å². The van der Waals surface area contributed by atoms with Crippen molar-refractivity contribution in [3.8, 4) is 5.75 Å². The third-order valence-electron chi connectivity index (χ3n) is 2.71. The van der Waals surface area contributed by atoms with E-state index in [-0.39, 0.29) is 6.61 Å². The first kappa shape index (κ1) is 15.2. The summed E-state index contributed by atoms with van der Waals surface area (Å²) in [5, 5.41) is 19.4. The number of pyridine rings is 1. The summed E-state index contributed by atoms with van der Waals surface area (Å²) in [5.74, 6) is -0.951. The molecule has 0 saturated carbocycles. The number of carboxylic acid groups (broad SMARTS) is 1. The molecule has 0 bridgehead atoms. The van der Waals surface area contributed by atoms with Gasteiger partial charge in [0.15, 0.2) is 11.4 Å². The van der Waals surface area contributed by atoms with Crippen LogP contribution in [-0.4, -0.2) is 33.4 Å². The van der Waals surface area contributed by atoms with Gasteiger partial charge >= 0.3 is 5.97 Å². The van der Waals surface area contributed by atoms with Crippen molar-refractivity contribution >= 4 is 48.7 Å². The molecule has 0 fully saturated rings. The second-order valence-electron chi connectivity index (χ2n) is 4.44. The summed E-state index contributed by atoms with van der Waals surface area (Å²) in [6.07, 6.45) is 1.61. The topological polar surface area (TPSA) is 79.7 Å². The highest BCUT2D eigenvalue weighted by molar-refractivity contribution is 9.11. The lowest BCUT2D eigenvalue weighted by atomic mass is 10.1. The summed E-state index contributed by atoms with van der Waals surface area (Å²) in [7, 11) is 0. The summed E-state index contributed by atoms with van der Waals surface area (Å²) < 4.78 is 6.93. The molecule has 1 aromatic carbocycles. The first-order chi connectivity index (χ1) is 9.33. The van der Waals surface area contributed by atoms with E-state index in [1.165, 1.54) is 6.92 Å². The fourth-order valence-electron chi connectivity index (χ4n) is 1.56. The summed E-state index contributed by atoms with van der Waals surface area (Å²) in [6, 6.07) is 5.44. The fourth-order valence-corrected chi connectivity index (χ4v) is 2.95. The van der Waals surface area contributed by atoms with Crippen molar-refractivity contribution < 1.29 is 19.7 Å². The van der Waals surface area contributed by atoms with E-state index in [0.29, 0.717) is 15.7 Å². The van der Waals surface area contributed by atoms with Crippen LogP contribution in [0.1, 0.15) is 6.92 Å². The highest BCUT2D eigenvalue weighted by Crippen LogP contribution is 2.37. The highest BCUT2D eigenvalue weighted by Gasteiger charge is 2.31. The first-order valence-corrected chi connectivity index (χ1v) is 7.23. The molecule has 1 heterocycles. The molecule has 2 N–H and O–H groups in total. The molecule has 0 aliphatic heterocycles. The number of rotatable bonds is 4. The minimum atomic E-state index is -1.96. The van der Waals surface area contributed by atoms with E-state index >= 15 is 0 Å². The number of nitrogens with zero attached hydrogens (tertiary/aromatic N) is 1. The number of fused-ring (bicyclic) bond motifs is 1. The molecule has 1 aromatic heterocycles. The van der Waals surface area contributed by atoms with E-state index in [1.807, 2.05) is 6.07 Å². The number of aliphatic carboxylic acids is 1. The second-order valence-corrected chi connectivity index (χ2v) is 6.15. The molecular formula is C13H11Br2NO4. The maximum absolute atomic E-state index is 10.9. The molecule has 0 spiro atoms. The first-order valence-electron chi connectivity index (χ1n) is 5.64. The average molecular weight is 405 g/mol. The number of hydrogen-bond acceptors (Lipinski definition) is 4. The normalized spacial score (nSPS) is 14.0. The van der Waals surface area contributed by atoms with Crippen molar-refractivity contribution in [2.75, 3.05) is 6.61 Å². The highest BCUT2D eigenvalue weighted by atomic mass is 79.9. The van der Waals surface area contributed by atoms with Crippen LogP contribution in [0.4, 0.5) is 0 Å². The number of benzene rings is 1. The van der Waals surface area contributed by atoms with Crippen molar-refractivity contribution in [3.05, 3.63) is 33.3 Å². The number of aliphatic hydroxyl groups is 1. The van der Waals surface area contributed by atoms with Crippen LogP contribution in [0, 0.1) is 0 Å². The van der Waals surface area contributed by atoms with Crippen LogP contribution >= 0.6 is 31.9 Å². The van der Waals surface area contributed by atoms with Crippen LogP contribution in [-0.2, 0) is 4.79 Å². The maximum Gasteiger partial charge on any atom is 0.339 e. The van der Waals surface area contributed by atoms with Gasteiger partial charge in [-0.1, -0.05) is 22.0 Å². The number of halogens is 2. The van der Waals surface area contributed by atoms with Gasteiger partial charge in [-0.3, -0.25) is 4.98 Å². The van der Waals surface area contributed by atoms with Crippen LogP contribution in [0.5, 0.6) is 5.75 Å². The van der Waals surface area contributed by atoms with Crippen LogP contribution < -0.4 is 4.74 Å². The molecular weight excluding hydrogens is 394 g/mol. The second kappa shape index (κ2) is 5.67. The van der Waals surface area contributed by atoms with E-state index in [0.717, 1.165) is 9.86 Å². The van der Waals surface area contributed by atoms with E-state index in [9.17, 15) is 9.90 Å². The van der Waals surface area contributed by atoms with Crippen molar-refractivity contribution in [1.82, 2.24) is 4.98 Å². The van der Waals surface area contributed by atoms with Crippen LogP contribution in [0.2, 0.25) is 0 Å². The van der Waals surface area contributed by atoms with Crippen molar-refractivity contribution in [2.45, 2.75) is 12.5 Å². The Morgan fingerprint density at radius 3 is 2.80 bits per heavy atom. The minimum absolute atomic E-state index is 0.381. The van der Waals surface area contributed by atoms with Gasteiger partial charge in [-0.05, 0) is 35.0 Å². The van der Waals surface area contributed by atoms with Crippen molar-refractivity contribution in [3.63, 3.8) is 0 Å². The van der Waals surface area contributed by atoms with Gasteiger partial charge in [0.1, 0.15) is 12.1 Å². The number of carboxylic acids is 1. The zero-order valence-corrected chi connectivity index (χ0v) is 13.6. The van der Waals surface area contributed by atoms with Crippen molar-refractivity contribution in [1.29, 1.82) is 0 Å². The lowest BCUT2D eigenvalue weighted by molar-refractivity contribution is -0.159. The summed E-state index contributed by atoms with van der Waals surface area (Å²) in [5.41, 5.74) is -1.39. The molecule has 5 nitrogen and oxygen atoms in total. The van der Waals surface area contributed by atoms with E-state index in [2.05, 4.69) is 36.8 Å². The number of ether oxygens (including phenoxy) is 1. The molecule has 0 aliphatic carbocycles. The molecule has 0 amide bonds. The predicted molar refractivity (Wildman–Crippen MR) is 80.9 cm³/mol. The van der Waals surface area contributed by atoms with Crippen LogP contribution in [0.3, 0.4) is 0 Å². The Kier molecular flexibility index (Phi) is 4.31. The molecule has 106 valence electrons. The Hall–Kier alpha value is -1.18. The molecule has 2 aromatic rings. The van der Waals surface area contributed by atoms with Gasteiger partial charge in [0.25, 0.3) is 0 Å². The third kappa shape index (κ3) is 2.94. The molecule has 0 aliphatic rings. The van der Waals surface area contributed by atoms with Gasteiger partial charge in [0.05, 0.1) is 4.47 Å². The molecule has 0 radical (unpaired) electrons. The summed E-state index contributed by atoms with van der Waals surface area (Å²) in [6.45, 7) is 0.798. The van der Waals surface area contributed by atoms with Gasteiger partial charge in [0, 0.05) is 16.1 Å². The Morgan fingerprint density at radius 2 is 2.15 bits per heavy atom. The lowest BCUT2D eigenvalue weighted by Crippen LogP contribution is -2.41. The van der Waals surface area contributed by atoms with E-state index in [1.54, 1.807) is 18.3 Å². The largest absolute Gasteiger partial charge is 0.486 e. The molecule has 20 heavy (non-hydrogen) atoms. The van der Waals surface area contributed by atoms with Crippen LogP contribution in [0.25, 0.3) is 10.9 Å². The monoisotopic (exact) mass is 403 g/mol. The van der Waals surface area contributed by atoms with E-state index in [4.69, 9.17) is 9.84 Å². The number of carbonyl (C=O) groups is 1. The molecule has 0 saturated heterocycles. The van der Waals surface area contributed by atoms with Crippen LogP contribution in [0.15, 0.2) is 33.3 Å². The SMILES string of the molecule is CC(O)(COc1c(Br)cc(Br)c2cccnc12)C(=O)O.